The van der Waals surface area contributed by atoms with Gasteiger partial charge in [-0.3, -0.25) is 0 Å². The van der Waals surface area contributed by atoms with E-state index in [9.17, 15) is 5.11 Å². The second-order valence-corrected chi connectivity index (χ2v) is 8.87. The Bertz CT molecular complexity index is 975. The van der Waals surface area contributed by atoms with E-state index in [1.807, 2.05) is 0 Å². The van der Waals surface area contributed by atoms with Crippen molar-refractivity contribution in [1.82, 2.24) is 0 Å². The van der Waals surface area contributed by atoms with Crippen molar-refractivity contribution in [3.63, 3.8) is 0 Å². The highest BCUT2D eigenvalue weighted by Gasteiger charge is 2.17. The molecule has 31 heavy (non-hydrogen) atoms. The van der Waals surface area contributed by atoms with Crippen molar-refractivity contribution in [3.05, 3.63) is 107 Å². The summed E-state index contributed by atoms with van der Waals surface area (Å²) in [6, 6.07) is 28.9. The summed E-state index contributed by atoms with van der Waals surface area (Å²) in [6.07, 6.45) is 8.38. The lowest BCUT2D eigenvalue weighted by Gasteiger charge is -2.23. The Morgan fingerprint density at radius 2 is 1.35 bits per heavy atom. The Balaban J connectivity index is 1.81. The molecule has 1 aliphatic rings. The van der Waals surface area contributed by atoms with Gasteiger partial charge in [0, 0.05) is 6.61 Å². The molecule has 0 aromatic heterocycles. The quantitative estimate of drug-likeness (QED) is 0.394. The van der Waals surface area contributed by atoms with Gasteiger partial charge in [0.25, 0.3) is 0 Å². The summed E-state index contributed by atoms with van der Waals surface area (Å²) in [5.41, 5.74) is 9.10. The lowest BCUT2D eigenvalue weighted by molar-refractivity contribution is 0.290. The molecule has 1 nitrogen and oxygen atoms in total. The molecule has 1 fully saturated rings. The molecule has 0 heterocycles. The molecule has 0 aliphatic heterocycles. The van der Waals surface area contributed by atoms with Crippen LogP contribution in [0.1, 0.15) is 78.7 Å². The summed E-state index contributed by atoms with van der Waals surface area (Å²) in [5.74, 6) is 0.720. The summed E-state index contributed by atoms with van der Waals surface area (Å²) in [7, 11) is 0. The van der Waals surface area contributed by atoms with Crippen molar-refractivity contribution in [1.29, 1.82) is 0 Å². The fraction of sp³-hybridized carbons (Fsp3) is 0.333. The van der Waals surface area contributed by atoms with Crippen LogP contribution in [0, 0.1) is 6.92 Å². The van der Waals surface area contributed by atoms with Gasteiger partial charge in [0.2, 0.25) is 0 Å². The van der Waals surface area contributed by atoms with Crippen LogP contribution in [0.2, 0.25) is 0 Å². The van der Waals surface area contributed by atoms with E-state index < -0.39 is 0 Å². The molecule has 1 heteroatoms. The van der Waals surface area contributed by atoms with Crippen LogP contribution in [-0.4, -0.2) is 11.7 Å². The van der Waals surface area contributed by atoms with Crippen LogP contribution in [-0.2, 0) is 0 Å². The first-order valence-electron chi connectivity index (χ1n) is 11.8. The van der Waals surface area contributed by atoms with Gasteiger partial charge in [-0.05, 0) is 71.9 Å². The number of aryl methyl sites for hydroxylation is 1. The van der Waals surface area contributed by atoms with Crippen molar-refractivity contribution in [2.75, 3.05) is 6.61 Å². The first kappa shape index (κ1) is 21.6. The predicted molar refractivity (Wildman–Crippen MR) is 132 cm³/mol. The minimum absolute atomic E-state index is 0.206. The molecule has 1 N–H and O–H groups in total. The van der Waals surface area contributed by atoms with Crippen molar-refractivity contribution >= 4 is 11.1 Å². The Morgan fingerprint density at radius 3 is 1.97 bits per heavy atom. The Kier molecular flexibility index (Phi) is 7.38. The molecular formula is C30H34O. The molecule has 160 valence electrons. The lowest BCUT2D eigenvalue weighted by atomic mass is 9.82. The molecule has 0 atom stereocenters. The molecule has 3 aromatic carbocycles. The van der Waals surface area contributed by atoms with E-state index in [1.165, 1.54) is 71.1 Å². The molecule has 0 unspecified atom stereocenters. The van der Waals surface area contributed by atoms with Crippen LogP contribution in [0.15, 0.2) is 78.9 Å². The van der Waals surface area contributed by atoms with Gasteiger partial charge in [-0.2, -0.15) is 0 Å². The maximum Gasteiger partial charge on any atom is 0.0434 e. The number of allylic oxidation sites excluding steroid dienone is 1. The number of benzene rings is 3. The zero-order valence-electron chi connectivity index (χ0n) is 18.7. The highest BCUT2D eigenvalue weighted by Crippen LogP contribution is 2.37. The van der Waals surface area contributed by atoms with Crippen LogP contribution in [0.25, 0.3) is 11.1 Å². The van der Waals surface area contributed by atoms with Gasteiger partial charge < -0.3 is 5.11 Å². The molecule has 4 rings (SSSR count). The van der Waals surface area contributed by atoms with Crippen LogP contribution < -0.4 is 0 Å². The molecule has 3 aromatic rings. The highest BCUT2D eigenvalue weighted by atomic mass is 16.2. The first-order chi connectivity index (χ1) is 15.3. The largest absolute Gasteiger partial charge is 0.396 e. The fourth-order valence-electron chi connectivity index (χ4n) is 4.90. The van der Waals surface area contributed by atoms with E-state index in [0.29, 0.717) is 0 Å². The predicted octanol–water partition coefficient (Wildman–Crippen LogP) is 7.77. The standard InChI is InChI=1S/C30H34O/c1-23-14-16-27(17-15-23)30(29(13-8-22-31)26-11-6-3-7-12-26)28-20-18-25(19-21-28)24-9-4-2-5-10-24/h3,6-7,11-12,14-21,24,31H,2,4-5,8-10,13,22H2,1H3/b30-29-. The molecular weight excluding hydrogens is 376 g/mol. The smallest absolute Gasteiger partial charge is 0.0434 e. The van der Waals surface area contributed by atoms with Crippen LogP contribution in [0.4, 0.5) is 0 Å². The molecule has 0 amide bonds. The van der Waals surface area contributed by atoms with Gasteiger partial charge in [-0.1, -0.05) is 104 Å². The minimum atomic E-state index is 0.206. The molecule has 0 saturated heterocycles. The van der Waals surface area contributed by atoms with Gasteiger partial charge in [-0.25, -0.2) is 0 Å². The minimum Gasteiger partial charge on any atom is -0.396 e. The van der Waals surface area contributed by atoms with Crippen LogP contribution in [0.3, 0.4) is 0 Å². The normalized spacial score (nSPS) is 15.5. The average Bonchev–Trinajstić information content (AvgIpc) is 2.84. The fourth-order valence-corrected chi connectivity index (χ4v) is 4.90. The Morgan fingerprint density at radius 1 is 0.742 bits per heavy atom. The summed E-state index contributed by atoms with van der Waals surface area (Å²) in [5, 5.41) is 9.58. The second-order valence-electron chi connectivity index (χ2n) is 8.87. The van der Waals surface area contributed by atoms with E-state index in [4.69, 9.17) is 0 Å². The molecule has 0 radical (unpaired) electrons. The third-order valence-corrected chi connectivity index (χ3v) is 6.63. The topological polar surface area (TPSA) is 20.2 Å². The first-order valence-corrected chi connectivity index (χ1v) is 11.8. The maximum atomic E-state index is 9.58. The van der Waals surface area contributed by atoms with Gasteiger partial charge in [0.15, 0.2) is 0 Å². The monoisotopic (exact) mass is 410 g/mol. The van der Waals surface area contributed by atoms with Crippen molar-refractivity contribution in [2.24, 2.45) is 0 Å². The molecule has 0 bridgehead atoms. The van der Waals surface area contributed by atoms with Gasteiger partial charge in [0.1, 0.15) is 0 Å². The van der Waals surface area contributed by atoms with Gasteiger partial charge >= 0.3 is 0 Å². The van der Waals surface area contributed by atoms with Crippen molar-refractivity contribution < 1.29 is 5.11 Å². The van der Waals surface area contributed by atoms with Crippen LogP contribution in [0.5, 0.6) is 0 Å². The SMILES string of the molecule is Cc1ccc(/C(=C(\CCCO)c2ccccc2)c2ccc(C3CCCCC3)cc2)cc1. The number of hydrogen-bond acceptors (Lipinski definition) is 1. The summed E-state index contributed by atoms with van der Waals surface area (Å²) < 4.78 is 0. The highest BCUT2D eigenvalue weighted by molar-refractivity contribution is 5.98. The average molecular weight is 411 g/mol. The lowest BCUT2D eigenvalue weighted by Crippen LogP contribution is -2.04. The third kappa shape index (κ3) is 5.35. The van der Waals surface area contributed by atoms with Crippen LogP contribution >= 0.6 is 0 Å². The van der Waals surface area contributed by atoms with Crippen molar-refractivity contribution in [2.45, 2.75) is 57.8 Å². The number of rotatable bonds is 7. The molecule has 1 saturated carbocycles. The van der Waals surface area contributed by atoms with E-state index in [2.05, 4.69) is 85.8 Å². The summed E-state index contributed by atoms with van der Waals surface area (Å²) in [6.45, 7) is 2.34. The number of aliphatic hydroxyl groups excluding tert-OH is 1. The van der Waals surface area contributed by atoms with E-state index in [-0.39, 0.29) is 6.61 Å². The molecule has 0 spiro atoms. The number of hydrogen-bond donors (Lipinski definition) is 1. The van der Waals surface area contributed by atoms with Crippen molar-refractivity contribution in [3.8, 4) is 0 Å². The maximum absolute atomic E-state index is 9.58. The third-order valence-electron chi connectivity index (χ3n) is 6.63. The zero-order chi connectivity index (χ0) is 21.5. The molecule has 1 aliphatic carbocycles. The van der Waals surface area contributed by atoms with Gasteiger partial charge in [0.05, 0.1) is 0 Å². The van der Waals surface area contributed by atoms with E-state index in [0.717, 1.165) is 18.8 Å². The zero-order valence-corrected chi connectivity index (χ0v) is 18.7. The van der Waals surface area contributed by atoms with E-state index >= 15 is 0 Å². The van der Waals surface area contributed by atoms with E-state index in [1.54, 1.807) is 0 Å². The summed E-state index contributed by atoms with van der Waals surface area (Å²) in [4.78, 5) is 0. The number of aliphatic hydroxyl groups is 1. The second kappa shape index (κ2) is 10.6. The Hall–Kier alpha value is -2.64. The van der Waals surface area contributed by atoms with Gasteiger partial charge in [-0.15, -0.1) is 0 Å². The summed E-state index contributed by atoms with van der Waals surface area (Å²) >= 11 is 0. The Labute approximate surface area is 187 Å².